The molecule has 0 atom stereocenters. The lowest BCUT2D eigenvalue weighted by Gasteiger charge is -2.21. The largest absolute Gasteiger partial charge is 0.258 e. The summed E-state index contributed by atoms with van der Waals surface area (Å²) in [6.45, 7) is 10.9. The van der Waals surface area contributed by atoms with E-state index < -0.39 is 0 Å². The van der Waals surface area contributed by atoms with E-state index in [2.05, 4.69) is 46.8 Å². The van der Waals surface area contributed by atoms with Gasteiger partial charge in [-0.2, -0.15) is 0 Å². The highest BCUT2D eigenvalue weighted by molar-refractivity contribution is 6.04. The molecule has 0 spiro atoms. The third-order valence-electron chi connectivity index (χ3n) is 3.58. The topological polar surface area (TPSA) is 12.4 Å². The molecule has 0 aromatic carbocycles. The van der Waals surface area contributed by atoms with Gasteiger partial charge in [-0.3, -0.25) is 4.99 Å². The maximum atomic E-state index is 4.78. The minimum atomic E-state index is 1.01. The van der Waals surface area contributed by atoms with Crippen molar-refractivity contribution < 1.29 is 0 Å². The van der Waals surface area contributed by atoms with Crippen LogP contribution < -0.4 is 0 Å². The van der Waals surface area contributed by atoms with Crippen LogP contribution in [0.15, 0.2) is 39.6 Å². The Morgan fingerprint density at radius 2 is 2.11 bits per heavy atom. The lowest BCUT2D eigenvalue weighted by atomic mass is 9.85. The Hall–Kier alpha value is -1.11. The van der Waals surface area contributed by atoms with Crippen LogP contribution in [-0.4, -0.2) is 5.71 Å². The van der Waals surface area contributed by atoms with Gasteiger partial charge in [-0.1, -0.05) is 38.0 Å². The second-order valence-corrected chi connectivity index (χ2v) is 5.01. The van der Waals surface area contributed by atoms with Crippen LogP contribution in [0.3, 0.4) is 0 Å². The van der Waals surface area contributed by atoms with Gasteiger partial charge >= 0.3 is 0 Å². The van der Waals surface area contributed by atoms with Crippen molar-refractivity contribution in [1.82, 2.24) is 0 Å². The zero-order chi connectivity index (χ0) is 13.5. The lowest BCUT2D eigenvalue weighted by molar-refractivity contribution is 0.847. The summed E-state index contributed by atoms with van der Waals surface area (Å²) in [4.78, 5) is 4.78. The first-order chi connectivity index (χ1) is 8.63. The van der Waals surface area contributed by atoms with E-state index >= 15 is 0 Å². The van der Waals surface area contributed by atoms with Gasteiger partial charge in [0.25, 0.3) is 0 Å². The second kappa shape index (κ2) is 7.35. The third kappa shape index (κ3) is 3.69. The van der Waals surface area contributed by atoms with Crippen LogP contribution in [0, 0.1) is 0 Å². The SMILES string of the molecule is C/C=C(C)\N=C(/CC)C1=CCCC(C)=C1CCC. The number of nitrogens with zero attached hydrogens (tertiary/aromatic N) is 1. The van der Waals surface area contributed by atoms with Gasteiger partial charge in [-0.25, -0.2) is 0 Å². The Morgan fingerprint density at radius 3 is 2.67 bits per heavy atom. The van der Waals surface area contributed by atoms with E-state index in [-0.39, 0.29) is 0 Å². The van der Waals surface area contributed by atoms with Crippen LogP contribution in [0.2, 0.25) is 0 Å². The molecule has 1 heteroatoms. The fraction of sp³-hybridized carbons (Fsp3) is 0.588. The van der Waals surface area contributed by atoms with Crippen LogP contribution >= 0.6 is 0 Å². The third-order valence-corrected chi connectivity index (χ3v) is 3.58. The van der Waals surface area contributed by atoms with Crippen molar-refractivity contribution in [3.05, 3.63) is 34.6 Å². The van der Waals surface area contributed by atoms with Gasteiger partial charge in [0, 0.05) is 11.4 Å². The molecular weight excluding hydrogens is 218 g/mol. The number of rotatable bonds is 5. The van der Waals surface area contributed by atoms with Crippen LogP contribution in [0.25, 0.3) is 0 Å². The smallest absolute Gasteiger partial charge is 0.0475 e. The molecule has 0 N–H and O–H groups in total. The minimum Gasteiger partial charge on any atom is -0.258 e. The van der Waals surface area contributed by atoms with Gasteiger partial charge in [0.05, 0.1) is 0 Å². The van der Waals surface area contributed by atoms with E-state index in [1.54, 1.807) is 11.1 Å². The Kier molecular flexibility index (Phi) is 6.11. The summed E-state index contributed by atoms with van der Waals surface area (Å²) in [5.74, 6) is 0. The molecule has 0 aromatic heterocycles. The lowest BCUT2D eigenvalue weighted by Crippen LogP contribution is -2.10. The highest BCUT2D eigenvalue weighted by Gasteiger charge is 2.16. The summed E-state index contributed by atoms with van der Waals surface area (Å²) >= 11 is 0. The van der Waals surface area contributed by atoms with Crippen molar-refractivity contribution in [2.75, 3.05) is 0 Å². The monoisotopic (exact) mass is 245 g/mol. The Bertz CT molecular complexity index is 405. The normalized spacial score (nSPS) is 18.2. The predicted molar refractivity (Wildman–Crippen MR) is 82.1 cm³/mol. The van der Waals surface area contributed by atoms with Crippen molar-refractivity contribution in [3.8, 4) is 0 Å². The quantitative estimate of drug-likeness (QED) is 0.559. The van der Waals surface area contributed by atoms with Crippen molar-refractivity contribution in [2.45, 2.75) is 66.7 Å². The molecule has 0 bridgehead atoms. The highest BCUT2D eigenvalue weighted by Crippen LogP contribution is 2.30. The molecule has 100 valence electrons. The van der Waals surface area contributed by atoms with E-state index in [0.29, 0.717) is 0 Å². The summed E-state index contributed by atoms with van der Waals surface area (Å²) in [6, 6.07) is 0. The van der Waals surface area contributed by atoms with Gasteiger partial charge in [0.15, 0.2) is 0 Å². The summed E-state index contributed by atoms with van der Waals surface area (Å²) in [5, 5.41) is 0. The van der Waals surface area contributed by atoms with Gasteiger partial charge in [0.1, 0.15) is 0 Å². The van der Waals surface area contributed by atoms with E-state index in [1.165, 1.54) is 37.0 Å². The molecule has 0 saturated carbocycles. The molecule has 0 unspecified atom stereocenters. The van der Waals surface area contributed by atoms with Crippen LogP contribution in [0.1, 0.15) is 66.7 Å². The number of allylic oxidation sites excluding steroid dienone is 6. The van der Waals surface area contributed by atoms with E-state index in [1.807, 2.05) is 0 Å². The fourth-order valence-electron chi connectivity index (χ4n) is 2.43. The molecule has 1 rings (SSSR count). The van der Waals surface area contributed by atoms with Gasteiger partial charge in [0.2, 0.25) is 0 Å². The van der Waals surface area contributed by atoms with Crippen molar-refractivity contribution in [3.63, 3.8) is 0 Å². The molecule has 0 amide bonds. The molecule has 0 aliphatic heterocycles. The standard InChI is InChI=1S/C17H27N/c1-6-10-15-13(4)11-9-12-16(15)17(8-3)18-14(5)7-2/h7,12H,6,8-11H2,1-5H3/b14-7-,18-17+. The molecule has 0 fully saturated rings. The Balaban J connectivity index is 3.12. The number of hydrogen-bond acceptors (Lipinski definition) is 1. The van der Waals surface area contributed by atoms with Crippen LogP contribution in [0.4, 0.5) is 0 Å². The highest BCUT2D eigenvalue weighted by atomic mass is 14.7. The molecule has 1 aliphatic rings. The molecule has 0 saturated heterocycles. The van der Waals surface area contributed by atoms with E-state index in [4.69, 9.17) is 4.99 Å². The van der Waals surface area contributed by atoms with E-state index in [9.17, 15) is 0 Å². The van der Waals surface area contributed by atoms with Crippen LogP contribution in [0.5, 0.6) is 0 Å². The predicted octanol–water partition coefficient (Wildman–Crippen LogP) is 5.60. The molecular formula is C17H27N. The molecule has 0 aromatic rings. The molecule has 18 heavy (non-hydrogen) atoms. The number of hydrogen-bond donors (Lipinski definition) is 0. The summed E-state index contributed by atoms with van der Waals surface area (Å²) in [7, 11) is 0. The average molecular weight is 245 g/mol. The second-order valence-electron chi connectivity index (χ2n) is 5.01. The summed E-state index contributed by atoms with van der Waals surface area (Å²) in [6.07, 6.45) is 10.3. The fourth-order valence-corrected chi connectivity index (χ4v) is 2.43. The molecule has 0 radical (unpaired) electrons. The maximum absolute atomic E-state index is 4.78. The summed E-state index contributed by atoms with van der Waals surface area (Å²) in [5.41, 5.74) is 6.91. The minimum absolute atomic E-state index is 1.01. The number of aliphatic imine (C=N–C) groups is 1. The van der Waals surface area contributed by atoms with Gasteiger partial charge in [-0.15, -0.1) is 0 Å². The molecule has 1 nitrogen and oxygen atoms in total. The first-order valence-electron chi connectivity index (χ1n) is 7.24. The van der Waals surface area contributed by atoms with Crippen LogP contribution in [-0.2, 0) is 0 Å². The van der Waals surface area contributed by atoms with Crippen molar-refractivity contribution in [2.24, 2.45) is 4.99 Å². The first-order valence-corrected chi connectivity index (χ1v) is 7.24. The molecule has 0 heterocycles. The van der Waals surface area contributed by atoms with Crippen molar-refractivity contribution >= 4 is 5.71 Å². The van der Waals surface area contributed by atoms with E-state index in [0.717, 1.165) is 12.1 Å². The summed E-state index contributed by atoms with van der Waals surface area (Å²) < 4.78 is 0. The van der Waals surface area contributed by atoms with Gasteiger partial charge < -0.3 is 0 Å². The van der Waals surface area contributed by atoms with Crippen molar-refractivity contribution in [1.29, 1.82) is 0 Å². The Labute approximate surface area is 112 Å². The zero-order valence-electron chi connectivity index (χ0n) is 12.6. The Morgan fingerprint density at radius 1 is 1.39 bits per heavy atom. The maximum Gasteiger partial charge on any atom is 0.0475 e. The first kappa shape index (κ1) is 14.9. The zero-order valence-corrected chi connectivity index (χ0v) is 12.6. The average Bonchev–Trinajstić information content (AvgIpc) is 2.38. The molecule has 1 aliphatic carbocycles. The van der Waals surface area contributed by atoms with Gasteiger partial charge in [-0.05, 0) is 57.6 Å².